The minimum absolute atomic E-state index is 0.0566. The molecular formula is C34H27NO2. The van der Waals surface area contributed by atoms with Crippen LogP contribution in [-0.4, -0.2) is 10.9 Å². The molecular weight excluding hydrogens is 454 g/mol. The molecule has 0 bridgehead atoms. The Labute approximate surface area is 217 Å². The lowest BCUT2D eigenvalue weighted by atomic mass is 9.69. The fourth-order valence-electron chi connectivity index (χ4n) is 5.44. The molecule has 1 aliphatic carbocycles. The molecule has 0 spiro atoms. The molecule has 37 heavy (non-hydrogen) atoms. The maximum Gasteiger partial charge on any atom is 0.193 e. The molecule has 0 heterocycles. The lowest BCUT2D eigenvalue weighted by molar-refractivity contribution is 0.0950. The van der Waals surface area contributed by atoms with Crippen molar-refractivity contribution in [3.63, 3.8) is 0 Å². The zero-order valence-electron chi connectivity index (χ0n) is 20.8. The van der Waals surface area contributed by atoms with Crippen LogP contribution in [0.2, 0.25) is 0 Å². The Morgan fingerprint density at radius 1 is 0.568 bits per heavy atom. The minimum Gasteiger partial charge on any atom is -0.376 e. The number of carbonyl (C=O) groups excluding carboxylic acids is 1. The van der Waals surface area contributed by atoms with E-state index in [4.69, 9.17) is 0 Å². The SMILES string of the molecule is Cc1cc2c(cc1C)C(O)(c1ccccc1N(c1ccccc1)c1ccccc1)c1ccccc1C2=O. The zero-order chi connectivity index (χ0) is 25.6. The van der Waals surface area contributed by atoms with Crippen molar-refractivity contribution in [2.75, 3.05) is 4.90 Å². The average Bonchev–Trinajstić information content (AvgIpc) is 2.94. The lowest BCUT2D eigenvalue weighted by Gasteiger charge is -2.39. The molecule has 3 nitrogen and oxygen atoms in total. The van der Waals surface area contributed by atoms with Crippen LogP contribution in [0, 0.1) is 13.8 Å². The van der Waals surface area contributed by atoms with Gasteiger partial charge in [0.2, 0.25) is 0 Å². The van der Waals surface area contributed by atoms with Gasteiger partial charge in [-0.3, -0.25) is 4.79 Å². The molecule has 0 aliphatic heterocycles. The topological polar surface area (TPSA) is 40.5 Å². The predicted octanol–water partition coefficient (Wildman–Crippen LogP) is 7.60. The van der Waals surface area contributed by atoms with E-state index in [0.29, 0.717) is 27.8 Å². The van der Waals surface area contributed by atoms with Gasteiger partial charge in [-0.25, -0.2) is 0 Å². The van der Waals surface area contributed by atoms with Gasteiger partial charge >= 0.3 is 0 Å². The van der Waals surface area contributed by atoms with Crippen LogP contribution in [0.4, 0.5) is 17.1 Å². The van der Waals surface area contributed by atoms with Crippen molar-refractivity contribution in [3.05, 3.63) is 160 Å². The smallest absolute Gasteiger partial charge is 0.193 e. The molecule has 5 aromatic carbocycles. The number of fused-ring (bicyclic) bond motifs is 2. The summed E-state index contributed by atoms with van der Waals surface area (Å²) in [6.45, 7) is 4.02. The molecule has 0 saturated carbocycles. The number of rotatable bonds is 4. The van der Waals surface area contributed by atoms with Gasteiger partial charge in [0.1, 0.15) is 5.60 Å². The highest BCUT2D eigenvalue weighted by atomic mass is 16.3. The number of nitrogens with zero attached hydrogens (tertiary/aromatic N) is 1. The Kier molecular flexibility index (Phi) is 5.51. The number of carbonyl (C=O) groups is 1. The quantitative estimate of drug-likeness (QED) is 0.287. The Morgan fingerprint density at radius 3 is 1.73 bits per heavy atom. The van der Waals surface area contributed by atoms with Gasteiger partial charge in [0.15, 0.2) is 5.78 Å². The highest BCUT2D eigenvalue weighted by Gasteiger charge is 2.45. The van der Waals surface area contributed by atoms with E-state index in [0.717, 1.165) is 28.2 Å². The molecule has 1 atom stereocenters. The van der Waals surface area contributed by atoms with Gasteiger partial charge in [-0.05, 0) is 61.4 Å². The number of hydrogen-bond acceptors (Lipinski definition) is 3. The van der Waals surface area contributed by atoms with E-state index >= 15 is 0 Å². The number of aliphatic hydroxyl groups is 1. The molecule has 0 radical (unpaired) electrons. The average molecular weight is 482 g/mol. The van der Waals surface area contributed by atoms with Crippen LogP contribution in [0.1, 0.15) is 43.7 Å². The molecule has 1 N–H and O–H groups in total. The van der Waals surface area contributed by atoms with Crippen LogP contribution in [0.25, 0.3) is 0 Å². The Morgan fingerprint density at radius 2 is 1.08 bits per heavy atom. The van der Waals surface area contributed by atoms with Crippen molar-refractivity contribution in [1.82, 2.24) is 0 Å². The van der Waals surface area contributed by atoms with E-state index in [1.54, 1.807) is 0 Å². The maximum absolute atomic E-state index is 13.6. The van der Waals surface area contributed by atoms with Crippen molar-refractivity contribution < 1.29 is 9.90 Å². The molecule has 0 aromatic heterocycles. The summed E-state index contributed by atoms with van der Waals surface area (Å²) in [5.41, 5.74) is 6.33. The fourth-order valence-corrected chi connectivity index (χ4v) is 5.44. The monoisotopic (exact) mass is 481 g/mol. The zero-order valence-corrected chi connectivity index (χ0v) is 20.8. The molecule has 0 amide bonds. The van der Waals surface area contributed by atoms with E-state index < -0.39 is 5.60 Å². The summed E-state index contributed by atoms with van der Waals surface area (Å²) in [7, 11) is 0. The first kappa shape index (κ1) is 23.0. The van der Waals surface area contributed by atoms with Crippen molar-refractivity contribution in [2.24, 2.45) is 0 Å². The summed E-state index contributed by atoms with van der Waals surface area (Å²) in [4.78, 5) is 15.8. The number of anilines is 3. The third-order valence-corrected chi connectivity index (χ3v) is 7.39. The molecule has 5 aromatic rings. The van der Waals surface area contributed by atoms with Gasteiger partial charge in [0.25, 0.3) is 0 Å². The second-order valence-corrected chi connectivity index (χ2v) is 9.59. The normalized spacial score (nSPS) is 16.1. The van der Waals surface area contributed by atoms with Crippen molar-refractivity contribution in [3.8, 4) is 0 Å². The molecule has 180 valence electrons. The lowest BCUT2D eigenvalue weighted by Crippen LogP contribution is -2.38. The van der Waals surface area contributed by atoms with E-state index in [-0.39, 0.29) is 5.78 Å². The highest BCUT2D eigenvalue weighted by Crippen LogP contribution is 2.49. The van der Waals surface area contributed by atoms with Crippen LogP contribution < -0.4 is 4.90 Å². The van der Waals surface area contributed by atoms with Crippen molar-refractivity contribution >= 4 is 22.8 Å². The summed E-state index contributed by atoms with van der Waals surface area (Å²) in [6.07, 6.45) is 0. The van der Waals surface area contributed by atoms with Gasteiger partial charge in [0.05, 0.1) is 5.69 Å². The third kappa shape index (κ3) is 3.59. The molecule has 3 heteroatoms. The first-order valence-corrected chi connectivity index (χ1v) is 12.5. The van der Waals surface area contributed by atoms with Crippen molar-refractivity contribution in [1.29, 1.82) is 0 Å². The second kappa shape index (κ2) is 8.88. The van der Waals surface area contributed by atoms with E-state index in [1.807, 2.05) is 111 Å². The van der Waals surface area contributed by atoms with Gasteiger partial charge in [-0.2, -0.15) is 0 Å². The van der Waals surface area contributed by atoms with Gasteiger partial charge in [0, 0.05) is 39.2 Å². The fraction of sp³-hybridized carbons (Fsp3) is 0.0882. The largest absolute Gasteiger partial charge is 0.376 e. The second-order valence-electron chi connectivity index (χ2n) is 9.59. The summed E-state index contributed by atoms with van der Waals surface area (Å²) in [5, 5.41) is 12.9. The minimum atomic E-state index is -1.53. The van der Waals surface area contributed by atoms with Crippen LogP contribution in [0.5, 0.6) is 0 Å². The number of hydrogen-bond donors (Lipinski definition) is 1. The first-order chi connectivity index (χ1) is 18.0. The van der Waals surface area contributed by atoms with E-state index in [2.05, 4.69) is 29.2 Å². The Hall–Kier alpha value is -4.47. The summed E-state index contributed by atoms with van der Waals surface area (Å²) >= 11 is 0. The van der Waals surface area contributed by atoms with Gasteiger partial charge in [-0.1, -0.05) is 84.9 Å². The highest BCUT2D eigenvalue weighted by molar-refractivity contribution is 6.13. The van der Waals surface area contributed by atoms with Crippen LogP contribution in [0.15, 0.2) is 121 Å². The molecule has 0 saturated heterocycles. The number of ketones is 1. The van der Waals surface area contributed by atoms with Crippen LogP contribution in [-0.2, 0) is 5.60 Å². The van der Waals surface area contributed by atoms with E-state index in [9.17, 15) is 9.90 Å². The Bertz CT molecular complexity index is 1590. The number of para-hydroxylation sites is 3. The van der Waals surface area contributed by atoms with Crippen LogP contribution in [0.3, 0.4) is 0 Å². The molecule has 1 aliphatic rings. The van der Waals surface area contributed by atoms with Crippen molar-refractivity contribution in [2.45, 2.75) is 19.4 Å². The predicted molar refractivity (Wildman–Crippen MR) is 149 cm³/mol. The maximum atomic E-state index is 13.6. The van der Waals surface area contributed by atoms with E-state index in [1.165, 1.54) is 0 Å². The standard InChI is InChI=1S/C34H27NO2/c1-23-21-28-31(22-24(23)2)34(37,29-18-10-9-17-27(29)33(28)36)30-19-11-12-20-32(30)35(25-13-5-3-6-14-25)26-15-7-4-8-16-26/h3-22,37H,1-2H3. The first-order valence-electron chi connectivity index (χ1n) is 12.5. The molecule has 6 rings (SSSR count). The number of aryl methyl sites for hydroxylation is 2. The summed E-state index contributed by atoms with van der Waals surface area (Å²) < 4.78 is 0. The Balaban J connectivity index is 1.69. The molecule has 1 unspecified atom stereocenters. The molecule has 0 fully saturated rings. The third-order valence-electron chi connectivity index (χ3n) is 7.39. The summed E-state index contributed by atoms with van der Waals surface area (Å²) in [6, 6.07) is 39.6. The van der Waals surface area contributed by atoms with Gasteiger partial charge in [-0.15, -0.1) is 0 Å². The summed E-state index contributed by atoms with van der Waals surface area (Å²) in [5.74, 6) is -0.0566. The number of benzene rings is 5. The van der Waals surface area contributed by atoms with Crippen LogP contribution >= 0.6 is 0 Å². The van der Waals surface area contributed by atoms with Gasteiger partial charge < -0.3 is 10.0 Å².